The molecular weight excluding hydrogens is 540 g/mol. The second kappa shape index (κ2) is 14.4. The summed E-state index contributed by atoms with van der Waals surface area (Å²) < 4.78 is 0. The van der Waals surface area contributed by atoms with Crippen molar-refractivity contribution in [3.05, 3.63) is 120 Å². The first-order valence-electron chi connectivity index (χ1n) is 14.6. The van der Waals surface area contributed by atoms with Crippen molar-refractivity contribution < 1.29 is 14.4 Å². The van der Waals surface area contributed by atoms with E-state index in [-0.39, 0.29) is 36.3 Å². The third-order valence-electron chi connectivity index (χ3n) is 7.81. The predicted molar refractivity (Wildman–Crippen MR) is 169 cm³/mol. The summed E-state index contributed by atoms with van der Waals surface area (Å²) in [5.74, 6) is -0.471. The highest BCUT2D eigenvalue weighted by atomic mass is 16.6. The van der Waals surface area contributed by atoms with E-state index in [2.05, 4.69) is 40.4 Å². The van der Waals surface area contributed by atoms with Crippen LogP contribution in [0.25, 0.3) is 10.8 Å². The number of nitrogens with two attached hydrogens (primary N) is 1. The van der Waals surface area contributed by atoms with Crippen LogP contribution in [0.15, 0.2) is 103 Å². The van der Waals surface area contributed by atoms with E-state index in [0.29, 0.717) is 38.0 Å². The van der Waals surface area contributed by atoms with Gasteiger partial charge in [-0.1, -0.05) is 91.0 Å². The highest BCUT2D eigenvalue weighted by molar-refractivity contribution is 5.98. The maximum absolute atomic E-state index is 13.9. The fourth-order valence-corrected chi connectivity index (χ4v) is 5.58. The zero-order chi connectivity index (χ0) is 30.0. The van der Waals surface area contributed by atoms with Crippen molar-refractivity contribution >= 4 is 28.5 Å². The summed E-state index contributed by atoms with van der Waals surface area (Å²) in [6.07, 6.45) is 1.04. The molecule has 4 aromatic carbocycles. The Bertz CT molecular complexity index is 1490. The van der Waals surface area contributed by atoms with Gasteiger partial charge in [-0.15, -0.1) is 0 Å². The van der Waals surface area contributed by atoms with Gasteiger partial charge in [0.25, 0.3) is 5.91 Å². The quantitative estimate of drug-likeness (QED) is 0.0797. The molecule has 0 radical (unpaired) electrons. The van der Waals surface area contributed by atoms with Crippen LogP contribution in [0.4, 0.5) is 0 Å². The summed E-state index contributed by atoms with van der Waals surface area (Å²) in [6.45, 7) is 1.61. The average Bonchev–Trinajstić information content (AvgIpc) is 3.19. The molecule has 1 aliphatic rings. The molecule has 9 nitrogen and oxygen atoms in total. The Kier molecular flexibility index (Phi) is 9.99. The minimum atomic E-state index is -0.536. The van der Waals surface area contributed by atoms with Gasteiger partial charge in [0.05, 0.1) is 12.6 Å². The summed E-state index contributed by atoms with van der Waals surface area (Å²) in [4.78, 5) is 34.2. The molecule has 5 rings (SSSR count). The number of carbonyl (C=O) groups is 2. The van der Waals surface area contributed by atoms with Crippen LogP contribution in [0.5, 0.6) is 0 Å². The molecule has 0 aliphatic carbocycles. The number of fused-ring (bicyclic) bond motifs is 1. The van der Waals surface area contributed by atoms with E-state index in [9.17, 15) is 9.59 Å². The van der Waals surface area contributed by atoms with Crippen LogP contribution in [0, 0.1) is 5.41 Å². The molecule has 2 amide bonds. The summed E-state index contributed by atoms with van der Waals surface area (Å²) >= 11 is 0. The van der Waals surface area contributed by atoms with Crippen molar-refractivity contribution in [2.45, 2.75) is 30.8 Å². The maximum Gasteiger partial charge on any atom is 0.251 e. The van der Waals surface area contributed by atoms with Crippen molar-refractivity contribution in [1.82, 2.24) is 21.0 Å². The van der Waals surface area contributed by atoms with Crippen LogP contribution in [-0.2, 0) is 9.63 Å². The van der Waals surface area contributed by atoms with Crippen LogP contribution < -0.4 is 21.8 Å². The first kappa shape index (κ1) is 29.8. The third-order valence-corrected chi connectivity index (χ3v) is 7.81. The number of rotatable bonds is 11. The van der Waals surface area contributed by atoms with Crippen LogP contribution in [0.1, 0.15) is 40.2 Å². The number of benzene rings is 4. The number of hydrogen-bond donors (Lipinski definition) is 5. The largest absolute Gasteiger partial charge is 0.368 e. The Hall–Kier alpha value is -4.73. The molecule has 0 bridgehead atoms. The Morgan fingerprint density at radius 2 is 1.60 bits per heavy atom. The fourth-order valence-electron chi connectivity index (χ4n) is 5.58. The maximum atomic E-state index is 13.9. The molecule has 1 aliphatic heterocycles. The van der Waals surface area contributed by atoms with E-state index in [4.69, 9.17) is 16.0 Å². The second-order valence-electron chi connectivity index (χ2n) is 10.8. The van der Waals surface area contributed by atoms with Gasteiger partial charge in [0.15, 0.2) is 0 Å². The number of nitrogens with one attached hydrogen (secondary N) is 4. The molecule has 1 saturated heterocycles. The normalized spacial score (nSPS) is 17.0. The van der Waals surface area contributed by atoms with Gasteiger partial charge in [0, 0.05) is 37.2 Å². The van der Waals surface area contributed by atoms with E-state index >= 15 is 0 Å². The zero-order valence-electron chi connectivity index (χ0n) is 24.0. The summed E-state index contributed by atoms with van der Waals surface area (Å²) in [7, 11) is 0. The van der Waals surface area contributed by atoms with Crippen LogP contribution in [0.2, 0.25) is 0 Å². The van der Waals surface area contributed by atoms with Gasteiger partial charge >= 0.3 is 0 Å². The number of nitrogens with zero attached hydrogens (tertiary/aromatic N) is 1. The number of guanidine groups is 1. The molecule has 1 fully saturated rings. The number of hydroxylamine groups is 1. The van der Waals surface area contributed by atoms with Crippen LogP contribution >= 0.6 is 0 Å². The van der Waals surface area contributed by atoms with Gasteiger partial charge in [-0.05, 0) is 46.9 Å². The smallest absolute Gasteiger partial charge is 0.251 e. The molecule has 0 aromatic heterocycles. The topological polar surface area (TPSA) is 133 Å². The predicted octanol–water partition coefficient (Wildman–Crippen LogP) is 3.77. The summed E-state index contributed by atoms with van der Waals surface area (Å²) in [5, 5.41) is 15.9. The van der Waals surface area contributed by atoms with E-state index in [1.807, 2.05) is 83.8 Å². The van der Waals surface area contributed by atoms with Crippen LogP contribution in [-0.4, -0.2) is 61.0 Å². The first-order valence-corrected chi connectivity index (χ1v) is 14.6. The van der Waals surface area contributed by atoms with E-state index in [0.717, 1.165) is 21.9 Å². The number of amides is 2. The Morgan fingerprint density at radius 3 is 2.28 bits per heavy atom. The van der Waals surface area contributed by atoms with Crippen molar-refractivity contribution in [3.63, 3.8) is 0 Å². The number of hydrogen-bond acceptors (Lipinski definition) is 5. The molecule has 6 N–H and O–H groups in total. The molecule has 2 atom stereocenters. The zero-order valence-corrected chi connectivity index (χ0v) is 24.0. The summed E-state index contributed by atoms with van der Waals surface area (Å²) in [5.41, 5.74) is 10.6. The molecule has 0 saturated carbocycles. The van der Waals surface area contributed by atoms with E-state index < -0.39 is 6.04 Å². The minimum absolute atomic E-state index is 0.00628. The third kappa shape index (κ3) is 7.97. The Balaban J connectivity index is 1.30. The first-order chi connectivity index (χ1) is 21.0. The highest BCUT2D eigenvalue weighted by Gasteiger charge is 2.32. The molecule has 0 spiro atoms. The van der Waals surface area contributed by atoms with E-state index in [1.165, 1.54) is 0 Å². The van der Waals surface area contributed by atoms with E-state index in [1.54, 1.807) is 0 Å². The van der Waals surface area contributed by atoms with Gasteiger partial charge in [0.1, 0.15) is 0 Å². The fraction of sp³-hybridized carbons (Fsp3) is 0.265. The second-order valence-corrected chi connectivity index (χ2v) is 10.8. The Labute approximate surface area is 251 Å². The van der Waals surface area contributed by atoms with Gasteiger partial charge in [-0.3, -0.25) is 19.8 Å². The standard InChI is InChI=1S/C34H38N6O3/c35-34(36)39-43-20-18-31-33(42)40(23-30(25-10-3-1-4-11-25)26-12-5-2-6-13-26)19-17-29(38-31)22-37-32(41)28-16-15-24-9-7-8-14-27(24)21-28/h1-16,21,29-31,38H,17-20,22-23H2,(H,37,41)(H4,35,36,39)/t29-,31-/m0/s1. The molecule has 9 heteroatoms. The van der Waals surface area contributed by atoms with Gasteiger partial charge in [-0.25, -0.2) is 5.48 Å². The van der Waals surface area contributed by atoms with Gasteiger partial charge in [-0.2, -0.15) is 0 Å². The molecule has 43 heavy (non-hydrogen) atoms. The monoisotopic (exact) mass is 578 g/mol. The molecular formula is C34H38N6O3. The summed E-state index contributed by atoms with van der Waals surface area (Å²) in [6, 6.07) is 33.4. The lowest BCUT2D eigenvalue weighted by molar-refractivity contribution is -0.133. The number of carbonyl (C=O) groups excluding carboxylic acids is 2. The molecule has 4 aromatic rings. The lowest BCUT2D eigenvalue weighted by Crippen LogP contribution is -2.49. The molecule has 0 unspecified atom stereocenters. The van der Waals surface area contributed by atoms with Crippen molar-refractivity contribution in [1.29, 1.82) is 5.41 Å². The SMILES string of the molecule is N=C(N)NOCC[C@@H]1N[C@H](CNC(=O)c2ccc3ccccc3c2)CCN(CC(c2ccccc2)c2ccccc2)C1=O. The van der Waals surface area contributed by atoms with Crippen LogP contribution in [0.3, 0.4) is 0 Å². The molecule has 1 heterocycles. The van der Waals surface area contributed by atoms with Crippen molar-refractivity contribution in [2.24, 2.45) is 5.73 Å². The van der Waals surface area contributed by atoms with Crippen molar-refractivity contribution in [3.8, 4) is 0 Å². The lowest BCUT2D eigenvalue weighted by atomic mass is 9.90. The highest BCUT2D eigenvalue weighted by Crippen LogP contribution is 2.27. The minimum Gasteiger partial charge on any atom is -0.368 e. The van der Waals surface area contributed by atoms with Crippen molar-refractivity contribution in [2.75, 3.05) is 26.2 Å². The Morgan fingerprint density at radius 1 is 0.953 bits per heavy atom. The van der Waals surface area contributed by atoms with Gasteiger partial charge < -0.3 is 21.3 Å². The van der Waals surface area contributed by atoms with Gasteiger partial charge in [0.2, 0.25) is 11.9 Å². The lowest BCUT2D eigenvalue weighted by Gasteiger charge is -2.29. The average molecular weight is 579 g/mol. The molecule has 222 valence electrons.